The lowest BCUT2D eigenvalue weighted by Crippen LogP contribution is -2.19. The maximum absolute atomic E-state index is 12.8. The summed E-state index contributed by atoms with van der Waals surface area (Å²) in [5.74, 6) is -0.155. The summed E-state index contributed by atoms with van der Waals surface area (Å²) < 4.78 is 43.6. The second kappa shape index (κ2) is 5.27. The minimum absolute atomic E-state index is 0.155. The van der Waals surface area contributed by atoms with Crippen LogP contribution in [0.5, 0.6) is 5.75 Å². The van der Waals surface area contributed by atoms with Gasteiger partial charge in [0.2, 0.25) is 0 Å². The van der Waals surface area contributed by atoms with Crippen molar-refractivity contribution >= 4 is 15.9 Å². The van der Waals surface area contributed by atoms with E-state index >= 15 is 0 Å². The predicted molar refractivity (Wildman–Crippen MR) is 63.0 cm³/mol. The SMILES string of the molecule is COc1c(CC(C)N)cc(Br)cc1C(F)(F)F. The van der Waals surface area contributed by atoms with Gasteiger partial charge in [0.1, 0.15) is 5.75 Å². The van der Waals surface area contributed by atoms with E-state index in [0.717, 1.165) is 6.07 Å². The molecule has 17 heavy (non-hydrogen) atoms. The van der Waals surface area contributed by atoms with E-state index in [1.807, 2.05) is 0 Å². The van der Waals surface area contributed by atoms with Gasteiger partial charge in [0.25, 0.3) is 0 Å². The molecule has 0 fully saturated rings. The molecular formula is C11H13BrF3NO. The molecule has 0 aliphatic rings. The maximum Gasteiger partial charge on any atom is 0.420 e. The van der Waals surface area contributed by atoms with E-state index in [4.69, 9.17) is 10.5 Å². The van der Waals surface area contributed by atoms with Gasteiger partial charge in [0.15, 0.2) is 0 Å². The summed E-state index contributed by atoms with van der Waals surface area (Å²) in [4.78, 5) is 0. The highest BCUT2D eigenvalue weighted by atomic mass is 79.9. The van der Waals surface area contributed by atoms with E-state index in [0.29, 0.717) is 16.5 Å². The maximum atomic E-state index is 12.8. The third-order valence-corrected chi connectivity index (χ3v) is 2.64. The molecule has 1 aromatic rings. The van der Waals surface area contributed by atoms with E-state index in [-0.39, 0.29) is 11.8 Å². The molecule has 0 spiro atoms. The predicted octanol–water partition coefficient (Wildman–Crippen LogP) is 3.37. The Bertz CT molecular complexity index is 404. The van der Waals surface area contributed by atoms with Gasteiger partial charge in [-0.1, -0.05) is 15.9 Å². The Balaban J connectivity index is 3.35. The number of benzene rings is 1. The Hall–Kier alpha value is -0.750. The lowest BCUT2D eigenvalue weighted by atomic mass is 10.0. The molecule has 0 aliphatic carbocycles. The first-order chi connectivity index (χ1) is 7.75. The molecule has 0 bridgehead atoms. The van der Waals surface area contributed by atoms with Crippen molar-refractivity contribution in [1.29, 1.82) is 0 Å². The number of rotatable bonds is 3. The fraction of sp³-hybridized carbons (Fsp3) is 0.455. The number of halogens is 4. The number of methoxy groups -OCH3 is 1. The fourth-order valence-electron chi connectivity index (χ4n) is 1.60. The number of ether oxygens (including phenoxy) is 1. The van der Waals surface area contributed by atoms with Crippen LogP contribution in [0.2, 0.25) is 0 Å². The molecule has 2 nitrogen and oxygen atoms in total. The quantitative estimate of drug-likeness (QED) is 0.929. The van der Waals surface area contributed by atoms with Gasteiger partial charge in [-0.15, -0.1) is 0 Å². The lowest BCUT2D eigenvalue weighted by Gasteiger charge is -2.17. The average Bonchev–Trinajstić information content (AvgIpc) is 2.14. The Labute approximate surface area is 106 Å². The van der Waals surface area contributed by atoms with Crippen LogP contribution in [-0.4, -0.2) is 13.2 Å². The minimum Gasteiger partial charge on any atom is -0.496 e. The van der Waals surface area contributed by atoms with Crippen LogP contribution in [0.4, 0.5) is 13.2 Å². The van der Waals surface area contributed by atoms with Crippen molar-refractivity contribution < 1.29 is 17.9 Å². The number of alkyl halides is 3. The van der Waals surface area contributed by atoms with Gasteiger partial charge in [-0.05, 0) is 31.0 Å². The van der Waals surface area contributed by atoms with Crippen LogP contribution in [0.25, 0.3) is 0 Å². The summed E-state index contributed by atoms with van der Waals surface area (Å²) in [6.45, 7) is 1.73. The Morgan fingerprint density at radius 2 is 2.00 bits per heavy atom. The zero-order valence-electron chi connectivity index (χ0n) is 9.44. The molecule has 0 aromatic heterocycles. The summed E-state index contributed by atoms with van der Waals surface area (Å²) in [6.07, 6.45) is -4.12. The molecule has 1 aromatic carbocycles. The van der Waals surface area contributed by atoms with Gasteiger partial charge in [-0.25, -0.2) is 0 Å². The van der Waals surface area contributed by atoms with Crippen LogP contribution >= 0.6 is 15.9 Å². The van der Waals surface area contributed by atoms with Crippen molar-refractivity contribution in [3.8, 4) is 5.75 Å². The van der Waals surface area contributed by atoms with Gasteiger partial charge in [-0.3, -0.25) is 0 Å². The van der Waals surface area contributed by atoms with Crippen molar-refractivity contribution in [2.45, 2.75) is 25.6 Å². The Morgan fingerprint density at radius 3 is 2.41 bits per heavy atom. The summed E-state index contributed by atoms with van der Waals surface area (Å²) in [6, 6.07) is 2.36. The second-order valence-electron chi connectivity index (χ2n) is 3.82. The van der Waals surface area contributed by atoms with Crippen molar-refractivity contribution in [2.75, 3.05) is 7.11 Å². The summed E-state index contributed by atoms with van der Waals surface area (Å²) in [5.41, 5.74) is 5.27. The van der Waals surface area contributed by atoms with Crippen LogP contribution < -0.4 is 10.5 Å². The topological polar surface area (TPSA) is 35.2 Å². The monoisotopic (exact) mass is 311 g/mol. The number of hydrogen-bond acceptors (Lipinski definition) is 2. The van der Waals surface area contributed by atoms with Gasteiger partial charge in [0, 0.05) is 10.5 Å². The van der Waals surface area contributed by atoms with Crippen molar-refractivity contribution in [3.63, 3.8) is 0 Å². The fourth-order valence-corrected chi connectivity index (χ4v) is 2.11. The van der Waals surface area contributed by atoms with Crippen LogP contribution in [0.1, 0.15) is 18.1 Å². The first kappa shape index (κ1) is 14.3. The Morgan fingerprint density at radius 1 is 1.41 bits per heavy atom. The smallest absolute Gasteiger partial charge is 0.420 e. The zero-order chi connectivity index (χ0) is 13.2. The lowest BCUT2D eigenvalue weighted by molar-refractivity contribution is -0.138. The molecule has 0 amide bonds. The largest absolute Gasteiger partial charge is 0.496 e. The highest BCUT2D eigenvalue weighted by molar-refractivity contribution is 9.10. The summed E-state index contributed by atoms with van der Waals surface area (Å²) in [7, 11) is 1.23. The minimum atomic E-state index is -4.44. The van der Waals surface area contributed by atoms with Crippen molar-refractivity contribution in [1.82, 2.24) is 0 Å². The van der Waals surface area contributed by atoms with Crippen LogP contribution in [-0.2, 0) is 12.6 Å². The molecule has 6 heteroatoms. The van der Waals surface area contributed by atoms with Crippen LogP contribution in [0.3, 0.4) is 0 Å². The van der Waals surface area contributed by atoms with E-state index in [9.17, 15) is 13.2 Å². The highest BCUT2D eigenvalue weighted by Gasteiger charge is 2.35. The van der Waals surface area contributed by atoms with Gasteiger partial charge in [0.05, 0.1) is 12.7 Å². The molecule has 0 aliphatic heterocycles. The van der Waals surface area contributed by atoms with E-state index in [1.165, 1.54) is 7.11 Å². The van der Waals surface area contributed by atoms with Gasteiger partial charge >= 0.3 is 6.18 Å². The van der Waals surface area contributed by atoms with E-state index in [2.05, 4.69) is 15.9 Å². The standard InChI is InChI=1S/C11H13BrF3NO/c1-6(16)3-7-4-8(12)5-9(10(7)17-2)11(13,14)15/h4-6H,3,16H2,1-2H3. The molecule has 0 heterocycles. The molecule has 96 valence electrons. The third-order valence-electron chi connectivity index (χ3n) is 2.18. The Kier molecular flexibility index (Phi) is 4.43. The summed E-state index contributed by atoms with van der Waals surface area (Å²) >= 11 is 3.06. The first-order valence-electron chi connectivity index (χ1n) is 4.95. The molecule has 1 unspecified atom stereocenters. The molecule has 0 saturated heterocycles. The molecule has 0 radical (unpaired) electrons. The normalized spacial score (nSPS) is 13.6. The molecule has 1 rings (SSSR count). The number of hydrogen-bond donors (Lipinski definition) is 1. The second-order valence-corrected chi connectivity index (χ2v) is 4.74. The first-order valence-corrected chi connectivity index (χ1v) is 5.74. The zero-order valence-corrected chi connectivity index (χ0v) is 11.0. The third kappa shape index (κ3) is 3.61. The van der Waals surface area contributed by atoms with Crippen LogP contribution in [0, 0.1) is 0 Å². The van der Waals surface area contributed by atoms with Crippen LogP contribution in [0.15, 0.2) is 16.6 Å². The summed E-state index contributed by atoms with van der Waals surface area (Å²) in [5, 5.41) is 0. The van der Waals surface area contributed by atoms with E-state index < -0.39 is 11.7 Å². The highest BCUT2D eigenvalue weighted by Crippen LogP contribution is 2.40. The van der Waals surface area contributed by atoms with Crippen molar-refractivity contribution in [2.24, 2.45) is 5.73 Å². The molecule has 0 saturated carbocycles. The average molecular weight is 312 g/mol. The molecular weight excluding hydrogens is 299 g/mol. The van der Waals surface area contributed by atoms with Crippen molar-refractivity contribution in [3.05, 3.63) is 27.7 Å². The number of nitrogens with two attached hydrogens (primary N) is 1. The van der Waals surface area contributed by atoms with Gasteiger partial charge < -0.3 is 10.5 Å². The van der Waals surface area contributed by atoms with E-state index in [1.54, 1.807) is 13.0 Å². The van der Waals surface area contributed by atoms with Gasteiger partial charge in [-0.2, -0.15) is 13.2 Å². The molecule has 2 N–H and O–H groups in total. The molecule has 1 atom stereocenters.